The molecular weight excluding hydrogens is 520 g/mol. The van der Waals surface area contributed by atoms with E-state index in [2.05, 4.69) is 15.4 Å². The Kier molecular flexibility index (Phi) is 7.49. The number of rotatable bonds is 5. The number of nitrogens with one attached hydrogen (secondary N) is 3. The van der Waals surface area contributed by atoms with Crippen molar-refractivity contribution in [2.75, 3.05) is 11.9 Å². The molecule has 3 fully saturated rings. The minimum Gasteiger partial charge on any atom is -0.391 e. The van der Waals surface area contributed by atoms with Crippen molar-refractivity contribution in [1.29, 1.82) is 0 Å². The van der Waals surface area contributed by atoms with Gasteiger partial charge in [0.1, 0.15) is 17.6 Å². The zero-order chi connectivity index (χ0) is 27.8. The summed E-state index contributed by atoms with van der Waals surface area (Å²) in [5.41, 5.74) is -0.616. The van der Waals surface area contributed by atoms with Crippen LogP contribution in [0.25, 0.3) is 0 Å². The van der Waals surface area contributed by atoms with Crippen molar-refractivity contribution in [2.24, 2.45) is 5.92 Å². The van der Waals surface area contributed by atoms with Gasteiger partial charge in [0, 0.05) is 24.6 Å². The van der Waals surface area contributed by atoms with Gasteiger partial charge < -0.3 is 20.6 Å². The minimum atomic E-state index is -3.89. The molecule has 0 radical (unpaired) electrons. The molecule has 4 aliphatic rings. The Morgan fingerprint density at radius 1 is 1.13 bits per heavy atom. The Balaban J connectivity index is 1.40. The van der Waals surface area contributed by atoms with Gasteiger partial charge in [-0.15, -0.1) is 0 Å². The van der Waals surface area contributed by atoms with Gasteiger partial charge in [-0.05, 0) is 57.6 Å². The second-order valence-electron chi connectivity index (χ2n) is 11.7. The van der Waals surface area contributed by atoms with Gasteiger partial charge in [0.2, 0.25) is 21.8 Å². The summed E-state index contributed by atoms with van der Waals surface area (Å²) in [4.78, 5) is 42.2. The summed E-state index contributed by atoms with van der Waals surface area (Å²) in [6, 6.07) is 7.85. The first-order chi connectivity index (χ1) is 18.5. The molecule has 10 nitrogen and oxygen atoms in total. The number of nitrogens with zero attached hydrogens (tertiary/aromatic N) is 1. The first kappa shape index (κ1) is 27.6. The van der Waals surface area contributed by atoms with Crippen LogP contribution in [0, 0.1) is 5.92 Å². The topological polar surface area (TPSA) is 145 Å². The molecule has 4 N–H and O–H groups in total. The quantitative estimate of drug-likeness (QED) is 0.404. The number of aliphatic hydroxyl groups excluding tert-OH is 1. The van der Waals surface area contributed by atoms with Crippen LogP contribution in [0.1, 0.15) is 64.7 Å². The van der Waals surface area contributed by atoms with Gasteiger partial charge in [-0.1, -0.05) is 43.2 Å². The zero-order valence-corrected chi connectivity index (χ0v) is 23.1. The van der Waals surface area contributed by atoms with Crippen LogP contribution in [0.15, 0.2) is 42.5 Å². The van der Waals surface area contributed by atoms with E-state index in [9.17, 15) is 27.9 Å². The van der Waals surface area contributed by atoms with Gasteiger partial charge in [-0.2, -0.15) is 0 Å². The zero-order valence-electron chi connectivity index (χ0n) is 22.3. The number of carbonyl (C=O) groups is 3. The summed E-state index contributed by atoms with van der Waals surface area (Å²) in [7, 11) is -3.89. The highest BCUT2D eigenvalue weighted by Gasteiger charge is 2.63. The highest BCUT2D eigenvalue weighted by atomic mass is 32.2. The third-order valence-corrected chi connectivity index (χ3v) is 10.8. The molecule has 5 rings (SSSR count). The molecule has 5 atom stereocenters. The van der Waals surface area contributed by atoms with Crippen molar-refractivity contribution in [1.82, 2.24) is 14.9 Å². The fraction of sp³-hybridized carbons (Fsp3) is 0.607. The van der Waals surface area contributed by atoms with E-state index in [0.29, 0.717) is 19.3 Å². The third-order valence-electron chi connectivity index (χ3n) is 8.61. The molecule has 1 aromatic carbocycles. The SMILES string of the molecule is CC1(S(=O)(=O)NC(=O)[C@@]23C[C@H]2C=CCCCCC[C@H](Nc2ccccc2)C(=O)N2C[C@H](O)C[C@H]2C(=O)N3)CC1. The van der Waals surface area contributed by atoms with E-state index in [1.807, 2.05) is 42.5 Å². The second-order valence-corrected chi connectivity index (χ2v) is 13.9. The average molecular weight is 559 g/mol. The van der Waals surface area contributed by atoms with Gasteiger partial charge in [-0.3, -0.25) is 19.1 Å². The molecule has 0 unspecified atom stereocenters. The normalized spacial score (nSPS) is 32.6. The molecule has 2 heterocycles. The second kappa shape index (κ2) is 10.6. The smallest absolute Gasteiger partial charge is 0.259 e. The van der Waals surface area contributed by atoms with Gasteiger partial charge in [-0.25, -0.2) is 8.42 Å². The number of hydrogen-bond acceptors (Lipinski definition) is 7. The minimum absolute atomic E-state index is 0.0130. The number of amides is 3. The fourth-order valence-corrected chi connectivity index (χ4v) is 6.93. The Labute approximate surface area is 229 Å². The molecule has 0 bridgehead atoms. The lowest BCUT2D eigenvalue weighted by molar-refractivity contribution is -0.140. The third kappa shape index (κ3) is 5.70. The molecule has 2 saturated carbocycles. The van der Waals surface area contributed by atoms with Crippen molar-refractivity contribution < 1.29 is 27.9 Å². The number of hydrogen-bond donors (Lipinski definition) is 4. The van der Waals surface area contributed by atoms with Gasteiger partial charge in [0.05, 0.1) is 10.9 Å². The lowest BCUT2D eigenvalue weighted by atomic mass is 10.0. The highest BCUT2D eigenvalue weighted by molar-refractivity contribution is 7.91. The van der Waals surface area contributed by atoms with Gasteiger partial charge >= 0.3 is 0 Å². The summed E-state index contributed by atoms with van der Waals surface area (Å²) in [5.74, 6) is -1.94. The number of benzene rings is 1. The lowest BCUT2D eigenvalue weighted by Crippen LogP contribution is -2.58. The summed E-state index contributed by atoms with van der Waals surface area (Å²) < 4.78 is 26.9. The maximum Gasteiger partial charge on any atom is 0.259 e. The van der Waals surface area contributed by atoms with Crippen LogP contribution in [-0.2, 0) is 24.4 Å². The van der Waals surface area contributed by atoms with Crippen LogP contribution in [0.4, 0.5) is 5.69 Å². The van der Waals surface area contributed by atoms with E-state index in [1.165, 1.54) is 4.90 Å². The molecule has 2 aliphatic carbocycles. The number of aliphatic hydroxyl groups is 1. The van der Waals surface area contributed by atoms with Crippen LogP contribution >= 0.6 is 0 Å². The summed E-state index contributed by atoms with van der Waals surface area (Å²) in [6.07, 6.45) is 8.24. The molecule has 1 aromatic rings. The number of sulfonamides is 1. The maximum atomic E-state index is 13.8. The first-order valence-electron chi connectivity index (χ1n) is 13.9. The number of para-hydroxylation sites is 1. The predicted molar refractivity (Wildman–Crippen MR) is 146 cm³/mol. The number of fused-ring (bicyclic) bond motifs is 2. The summed E-state index contributed by atoms with van der Waals surface area (Å²) >= 11 is 0. The van der Waals surface area contributed by atoms with Crippen molar-refractivity contribution in [3.8, 4) is 0 Å². The fourth-order valence-electron chi connectivity index (χ4n) is 5.61. The van der Waals surface area contributed by atoms with E-state index < -0.39 is 50.3 Å². The molecule has 212 valence electrons. The van der Waals surface area contributed by atoms with Gasteiger partial charge in [0.25, 0.3) is 5.91 Å². The van der Waals surface area contributed by atoms with Crippen LogP contribution in [0.3, 0.4) is 0 Å². The average Bonchev–Trinajstić information content (AvgIpc) is 3.78. The van der Waals surface area contributed by atoms with E-state index in [0.717, 1.165) is 31.4 Å². The Morgan fingerprint density at radius 3 is 2.59 bits per heavy atom. The van der Waals surface area contributed by atoms with Crippen molar-refractivity contribution in [2.45, 2.75) is 93.2 Å². The molecular formula is C28H38N4O6S. The Morgan fingerprint density at radius 2 is 1.87 bits per heavy atom. The highest BCUT2D eigenvalue weighted by Crippen LogP contribution is 2.47. The number of carbonyl (C=O) groups excluding carboxylic acids is 3. The van der Waals surface area contributed by atoms with E-state index in [-0.39, 0.29) is 31.2 Å². The molecule has 1 saturated heterocycles. The maximum absolute atomic E-state index is 13.8. The molecule has 0 spiro atoms. The molecule has 0 aromatic heterocycles. The number of allylic oxidation sites excluding steroid dienone is 1. The molecule has 11 heteroatoms. The van der Waals surface area contributed by atoms with Crippen molar-refractivity contribution in [3.05, 3.63) is 42.5 Å². The largest absolute Gasteiger partial charge is 0.391 e. The van der Waals surface area contributed by atoms with Crippen molar-refractivity contribution >= 4 is 33.4 Å². The molecule has 39 heavy (non-hydrogen) atoms. The van der Waals surface area contributed by atoms with E-state index >= 15 is 0 Å². The standard InChI is InChI=1S/C28H38N4O6S/c1-27(14-15-27)39(37,38)31-26(36)28-17-19(28)10-6-3-2-4-9-13-22(29-20-11-7-5-8-12-20)25(35)32-18-21(33)16-23(32)24(34)30-28/h5-8,10-12,19,21-23,29,33H,2-4,9,13-18H2,1H3,(H,30,34)(H,31,36)/t19-,21-,22+,23+,28-/m1/s1. The monoisotopic (exact) mass is 558 g/mol. The predicted octanol–water partition coefficient (Wildman–Crippen LogP) is 1.82. The van der Waals surface area contributed by atoms with Crippen LogP contribution in [0.5, 0.6) is 0 Å². The van der Waals surface area contributed by atoms with E-state index in [1.54, 1.807) is 6.92 Å². The Bertz CT molecular complexity index is 1250. The number of anilines is 1. The molecule has 2 aliphatic heterocycles. The van der Waals surface area contributed by atoms with E-state index in [4.69, 9.17) is 0 Å². The first-order valence-corrected chi connectivity index (χ1v) is 15.4. The summed E-state index contributed by atoms with van der Waals surface area (Å²) in [6.45, 7) is 1.61. The summed E-state index contributed by atoms with van der Waals surface area (Å²) in [5, 5.41) is 16.6. The molecule has 3 amide bonds. The lowest BCUT2D eigenvalue weighted by Gasteiger charge is -2.30. The Hall–Kier alpha value is -2.92. The van der Waals surface area contributed by atoms with Gasteiger partial charge in [0.15, 0.2) is 0 Å². The van der Waals surface area contributed by atoms with Crippen LogP contribution < -0.4 is 15.4 Å². The van der Waals surface area contributed by atoms with Crippen molar-refractivity contribution in [3.63, 3.8) is 0 Å². The van der Waals surface area contributed by atoms with Crippen LogP contribution in [-0.4, -0.2) is 71.2 Å². The van der Waals surface area contributed by atoms with Crippen LogP contribution in [0.2, 0.25) is 0 Å².